The third-order valence-electron chi connectivity index (χ3n) is 4.63. The van der Waals surface area contributed by atoms with E-state index in [1.807, 2.05) is 30.3 Å². The van der Waals surface area contributed by atoms with Crippen LogP contribution in [0.3, 0.4) is 0 Å². The average molecular weight is 390 g/mol. The molecule has 0 amide bonds. The van der Waals surface area contributed by atoms with Crippen molar-refractivity contribution in [1.82, 2.24) is 14.8 Å². The predicted octanol–water partition coefficient (Wildman–Crippen LogP) is 2.97. The van der Waals surface area contributed by atoms with Gasteiger partial charge in [-0.1, -0.05) is 42.5 Å². The van der Waals surface area contributed by atoms with E-state index in [4.69, 9.17) is 4.74 Å². The van der Waals surface area contributed by atoms with Crippen molar-refractivity contribution >= 4 is 23.6 Å². The minimum atomic E-state index is -1.02. The molecule has 0 fully saturated rings. The third-order valence-corrected chi connectivity index (χ3v) is 4.63. The number of anilines is 1. The first kappa shape index (κ1) is 18.4. The molecule has 2 aromatic carbocycles. The molecule has 1 aliphatic rings. The molecule has 29 heavy (non-hydrogen) atoms. The molecule has 2 heterocycles. The summed E-state index contributed by atoms with van der Waals surface area (Å²) in [6.07, 6.45) is 1.40. The number of carbonyl (C=O) groups is 2. The SMILES string of the molecule is CCOC(=O)C1=C(c2ccccc2)Nc2ncnn2[C@@H]1c1ccc(C(=O)O)cc1. The number of nitrogens with one attached hydrogen (secondary N) is 1. The molecule has 0 unspecified atom stereocenters. The highest BCUT2D eigenvalue weighted by molar-refractivity contribution is 6.02. The van der Waals surface area contributed by atoms with Crippen molar-refractivity contribution in [3.05, 3.63) is 83.2 Å². The smallest absolute Gasteiger partial charge is 0.338 e. The Labute approximate surface area is 166 Å². The Balaban J connectivity index is 1.92. The third kappa shape index (κ3) is 3.36. The van der Waals surface area contributed by atoms with Crippen molar-refractivity contribution < 1.29 is 19.4 Å². The Kier molecular flexibility index (Phi) is 4.82. The molecule has 8 nitrogen and oxygen atoms in total. The van der Waals surface area contributed by atoms with E-state index in [-0.39, 0.29) is 12.2 Å². The summed E-state index contributed by atoms with van der Waals surface area (Å²) in [6.45, 7) is 1.97. The lowest BCUT2D eigenvalue weighted by Gasteiger charge is -2.29. The number of carbonyl (C=O) groups excluding carboxylic acids is 1. The lowest BCUT2D eigenvalue weighted by atomic mass is 9.92. The van der Waals surface area contributed by atoms with Crippen molar-refractivity contribution in [3.8, 4) is 0 Å². The van der Waals surface area contributed by atoms with Gasteiger partial charge in [0.2, 0.25) is 5.95 Å². The van der Waals surface area contributed by atoms with E-state index < -0.39 is 18.0 Å². The molecule has 8 heteroatoms. The number of esters is 1. The molecule has 2 N–H and O–H groups in total. The van der Waals surface area contributed by atoms with Crippen LogP contribution < -0.4 is 5.32 Å². The second-order valence-corrected chi connectivity index (χ2v) is 6.36. The summed E-state index contributed by atoms with van der Waals surface area (Å²) in [6, 6.07) is 15.1. The minimum absolute atomic E-state index is 0.159. The number of benzene rings is 2. The second kappa shape index (κ2) is 7.59. The number of hydrogen-bond acceptors (Lipinski definition) is 6. The van der Waals surface area contributed by atoms with Gasteiger partial charge in [0, 0.05) is 0 Å². The fourth-order valence-electron chi connectivity index (χ4n) is 3.34. The molecule has 1 atom stereocenters. The van der Waals surface area contributed by atoms with Crippen LogP contribution >= 0.6 is 0 Å². The molecule has 1 aromatic heterocycles. The fourth-order valence-corrected chi connectivity index (χ4v) is 3.34. The topological polar surface area (TPSA) is 106 Å². The highest BCUT2D eigenvalue weighted by Gasteiger charge is 2.36. The molecule has 146 valence electrons. The molecular weight excluding hydrogens is 372 g/mol. The van der Waals surface area contributed by atoms with E-state index in [1.165, 1.54) is 18.5 Å². The number of aromatic carboxylic acids is 1. The van der Waals surface area contributed by atoms with Gasteiger partial charge in [0.05, 0.1) is 23.4 Å². The molecule has 4 rings (SSSR count). The number of nitrogens with zero attached hydrogens (tertiary/aromatic N) is 3. The first-order valence-corrected chi connectivity index (χ1v) is 9.06. The van der Waals surface area contributed by atoms with Gasteiger partial charge in [0.1, 0.15) is 12.4 Å². The first-order chi connectivity index (χ1) is 14.1. The van der Waals surface area contributed by atoms with Gasteiger partial charge in [-0.15, -0.1) is 0 Å². The van der Waals surface area contributed by atoms with Crippen molar-refractivity contribution in [3.63, 3.8) is 0 Å². The average Bonchev–Trinajstić information content (AvgIpc) is 3.21. The molecule has 0 saturated carbocycles. The Hall–Kier alpha value is -3.94. The van der Waals surface area contributed by atoms with Crippen LogP contribution in [0, 0.1) is 0 Å². The number of aromatic nitrogens is 3. The minimum Gasteiger partial charge on any atom is -0.478 e. The monoisotopic (exact) mass is 390 g/mol. The number of fused-ring (bicyclic) bond motifs is 1. The van der Waals surface area contributed by atoms with Gasteiger partial charge in [-0.2, -0.15) is 10.1 Å². The number of ether oxygens (including phenoxy) is 1. The van der Waals surface area contributed by atoms with Gasteiger partial charge in [-0.05, 0) is 30.2 Å². The first-order valence-electron chi connectivity index (χ1n) is 9.06. The van der Waals surface area contributed by atoms with Gasteiger partial charge in [-0.25, -0.2) is 14.3 Å². The molecule has 0 radical (unpaired) electrons. The van der Waals surface area contributed by atoms with E-state index >= 15 is 0 Å². The van der Waals surface area contributed by atoms with Crippen molar-refractivity contribution in [2.24, 2.45) is 0 Å². The number of hydrogen-bond donors (Lipinski definition) is 2. The van der Waals surface area contributed by atoms with Crippen LogP contribution in [-0.2, 0) is 9.53 Å². The highest BCUT2D eigenvalue weighted by Crippen LogP contribution is 2.38. The van der Waals surface area contributed by atoms with E-state index in [9.17, 15) is 14.7 Å². The standard InChI is InChI=1S/C21H18N4O4/c1-2-29-20(28)16-17(13-6-4-3-5-7-13)24-21-22-12-23-25(21)18(16)14-8-10-15(11-9-14)19(26)27/h3-12,18H,2H2,1H3,(H,26,27)(H,22,23,24)/t18-/m1/s1. The molecule has 0 saturated heterocycles. The molecule has 1 aliphatic heterocycles. The Morgan fingerprint density at radius 2 is 1.86 bits per heavy atom. The van der Waals surface area contributed by atoms with E-state index in [0.29, 0.717) is 22.8 Å². The van der Waals surface area contributed by atoms with Crippen LogP contribution in [0.2, 0.25) is 0 Å². The van der Waals surface area contributed by atoms with Gasteiger partial charge in [-0.3, -0.25) is 0 Å². The second-order valence-electron chi connectivity index (χ2n) is 6.36. The van der Waals surface area contributed by atoms with Gasteiger partial charge in [0.25, 0.3) is 0 Å². The lowest BCUT2D eigenvalue weighted by molar-refractivity contribution is -0.138. The molecule has 0 spiro atoms. The predicted molar refractivity (Wildman–Crippen MR) is 105 cm³/mol. The van der Waals surface area contributed by atoms with Crippen molar-refractivity contribution in [2.75, 3.05) is 11.9 Å². The Bertz CT molecular complexity index is 1090. The zero-order valence-electron chi connectivity index (χ0n) is 15.6. The van der Waals surface area contributed by atoms with Crippen LogP contribution in [0.4, 0.5) is 5.95 Å². The summed E-state index contributed by atoms with van der Waals surface area (Å²) >= 11 is 0. The van der Waals surface area contributed by atoms with Gasteiger partial charge in [0.15, 0.2) is 0 Å². The van der Waals surface area contributed by atoms with E-state index in [0.717, 1.165) is 5.56 Å². The number of carboxylic acid groups (broad SMARTS) is 1. The molecule has 3 aromatic rings. The van der Waals surface area contributed by atoms with Crippen LogP contribution in [0.1, 0.15) is 34.5 Å². The molecule has 0 bridgehead atoms. The summed E-state index contributed by atoms with van der Waals surface area (Å²) in [5.74, 6) is -1.02. The maximum Gasteiger partial charge on any atom is 0.338 e. The van der Waals surface area contributed by atoms with E-state index in [2.05, 4.69) is 15.4 Å². The maximum absolute atomic E-state index is 13.0. The van der Waals surface area contributed by atoms with Crippen LogP contribution in [0.5, 0.6) is 0 Å². The molecular formula is C21H18N4O4. The highest BCUT2D eigenvalue weighted by atomic mass is 16.5. The van der Waals surface area contributed by atoms with Crippen LogP contribution in [0.15, 0.2) is 66.5 Å². The number of carboxylic acids is 1. The normalized spacial score (nSPS) is 15.4. The summed E-state index contributed by atoms with van der Waals surface area (Å²) in [7, 11) is 0. The Morgan fingerprint density at radius 3 is 2.52 bits per heavy atom. The number of rotatable bonds is 5. The molecule has 0 aliphatic carbocycles. The quantitative estimate of drug-likeness (QED) is 0.645. The summed E-state index contributed by atoms with van der Waals surface area (Å²) in [5, 5.41) is 16.7. The maximum atomic E-state index is 13.0. The zero-order chi connectivity index (χ0) is 20.4. The Morgan fingerprint density at radius 1 is 1.14 bits per heavy atom. The van der Waals surface area contributed by atoms with Crippen LogP contribution in [-0.4, -0.2) is 38.4 Å². The largest absolute Gasteiger partial charge is 0.478 e. The summed E-state index contributed by atoms with van der Waals surface area (Å²) in [5.41, 5.74) is 2.61. The van der Waals surface area contributed by atoms with E-state index in [1.54, 1.807) is 23.7 Å². The van der Waals surface area contributed by atoms with Crippen LogP contribution in [0.25, 0.3) is 5.70 Å². The van der Waals surface area contributed by atoms with Crippen molar-refractivity contribution in [1.29, 1.82) is 0 Å². The van der Waals surface area contributed by atoms with Gasteiger partial charge >= 0.3 is 11.9 Å². The summed E-state index contributed by atoms with van der Waals surface area (Å²) < 4.78 is 6.94. The van der Waals surface area contributed by atoms with Crippen molar-refractivity contribution in [2.45, 2.75) is 13.0 Å². The lowest BCUT2D eigenvalue weighted by Crippen LogP contribution is -2.30. The zero-order valence-corrected chi connectivity index (χ0v) is 15.6. The van der Waals surface area contributed by atoms with Gasteiger partial charge < -0.3 is 15.2 Å². The summed E-state index contributed by atoms with van der Waals surface area (Å²) in [4.78, 5) is 28.5. The fraction of sp³-hybridized carbons (Fsp3) is 0.143.